The highest BCUT2D eigenvalue weighted by Crippen LogP contribution is 2.31. The van der Waals surface area contributed by atoms with Crippen molar-refractivity contribution in [3.8, 4) is 0 Å². The van der Waals surface area contributed by atoms with E-state index in [9.17, 15) is 4.79 Å². The third-order valence-corrected chi connectivity index (χ3v) is 5.13. The van der Waals surface area contributed by atoms with Crippen molar-refractivity contribution in [2.45, 2.75) is 31.7 Å². The molecule has 0 spiro atoms. The van der Waals surface area contributed by atoms with Crippen LogP contribution in [0.5, 0.6) is 0 Å². The maximum atomic E-state index is 12.4. The highest BCUT2D eigenvalue weighted by molar-refractivity contribution is 9.11. The van der Waals surface area contributed by atoms with Crippen LogP contribution < -0.4 is 5.73 Å². The molecule has 2 atom stereocenters. The van der Waals surface area contributed by atoms with E-state index in [-0.39, 0.29) is 30.3 Å². The summed E-state index contributed by atoms with van der Waals surface area (Å²) in [7, 11) is 0. The molecule has 1 aromatic heterocycles. The van der Waals surface area contributed by atoms with Crippen molar-refractivity contribution >= 4 is 45.6 Å². The number of halogens is 2. The average Bonchev–Trinajstić information content (AvgIpc) is 2.95. The first-order chi connectivity index (χ1) is 8.13. The Balaban J connectivity index is 0.00000162. The minimum Gasteiger partial charge on any atom is -0.338 e. The Morgan fingerprint density at radius 2 is 2.39 bits per heavy atom. The molecule has 2 rings (SSSR count). The van der Waals surface area contributed by atoms with Gasteiger partial charge in [-0.05, 0) is 47.8 Å². The third-order valence-electron chi connectivity index (χ3n) is 3.32. The fourth-order valence-electron chi connectivity index (χ4n) is 2.30. The first-order valence-electron chi connectivity index (χ1n) is 5.89. The summed E-state index contributed by atoms with van der Waals surface area (Å²) in [6.45, 7) is 3.41. The highest BCUT2D eigenvalue weighted by Gasteiger charge is 2.31. The molecule has 0 aromatic carbocycles. The Morgan fingerprint density at radius 1 is 1.67 bits per heavy atom. The molecular weight excluding hydrogens is 336 g/mol. The van der Waals surface area contributed by atoms with E-state index < -0.39 is 0 Å². The van der Waals surface area contributed by atoms with Gasteiger partial charge in [0, 0.05) is 24.0 Å². The lowest BCUT2D eigenvalue weighted by molar-refractivity contribution is -0.133. The zero-order valence-corrected chi connectivity index (χ0v) is 13.5. The van der Waals surface area contributed by atoms with E-state index in [0.29, 0.717) is 6.54 Å². The number of carbonyl (C=O) groups is 1. The first-order valence-corrected chi connectivity index (χ1v) is 7.50. The van der Waals surface area contributed by atoms with Crippen LogP contribution >= 0.6 is 39.7 Å². The molecule has 18 heavy (non-hydrogen) atoms. The van der Waals surface area contributed by atoms with Crippen LogP contribution in [0, 0.1) is 0 Å². The average molecular weight is 354 g/mol. The molecule has 1 aliphatic rings. The number of hydrogen-bond donors (Lipinski definition) is 1. The second kappa shape index (κ2) is 6.89. The molecule has 2 heterocycles. The molecule has 6 heteroatoms. The maximum absolute atomic E-state index is 12.4. The van der Waals surface area contributed by atoms with Crippen LogP contribution in [0.1, 0.15) is 30.6 Å². The van der Waals surface area contributed by atoms with Crippen molar-refractivity contribution in [3.05, 3.63) is 20.8 Å². The van der Waals surface area contributed by atoms with Crippen LogP contribution in [0.25, 0.3) is 0 Å². The lowest BCUT2D eigenvalue weighted by atomic mass is 10.1. The molecule has 1 aromatic rings. The Hall–Kier alpha value is -0.100. The molecule has 0 radical (unpaired) electrons. The minimum atomic E-state index is -0.0570. The van der Waals surface area contributed by atoms with Crippen LogP contribution in [-0.4, -0.2) is 29.9 Å². The van der Waals surface area contributed by atoms with Crippen LogP contribution in [0.4, 0.5) is 0 Å². The standard InChI is InChI=1S/C12H17BrN2OS.ClH/c1-8(10-4-5-11(13)17-10)12(16)15-6-2-3-9(15)7-14;/h4-5,8-9H,2-3,6-7,14H2,1H3;1H. The van der Waals surface area contributed by atoms with Gasteiger partial charge in [0.15, 0.2) is 0 Å². The fourth-order valence-corrected chi connectivity index (χ4v) is 3.77. The van der Waals surface area contributed by atoms with Gasteiger partial charge in [-0.2, -0.15) is 0 Å². The van der Waals surface area contributed by atoms with Crippen LogP contribution in [0.2, 0.25) is 0 Å². The summed E-state index contributed by atoms with van der Waals surface area (Å²) >= 11 is 5.06. The summed E-state index contributed by atoms with van der Waals surface area (Å²) in [5, 5.41) is 0. The van der Waals surface area contributed by atoms with Gasteiger partial charge in [0.2, 0.25) is 5.91 Å². The van der Waals surface area contributed by atoms with Crippen LogP contribution in [0.3, 0.4) is 0 Å². The summed E-state index contributed by atoms with van der Waals surface area (Å²) in [5.41, 5.74) is 5.71. The quantitative estimate of drug-likeness (QED) is 0.908. The lowest BCUT2D eigenvalue weighted by Crippen LogP contribution is -2.41. The molecule has 1 amide bonds. The first kappa shape index (κ1) is 16.0. The summed E-state index contributed by atoms with van der Waals surface area (Å²) in [6, 6.07) is 4.26. The number of rotatable bonds is 3. The minimum absolute atomic E-state index is 0. The van der Waals surface area contributed by atoms with Gasteiger partial charge in [0.1, 0.15) is 0 Å². The summed E-state index contributed by atoms with van der Waals surface area (Å²) < 4.78 is 1.07. The maximum Gasteiger partial charge on any atom is 0.230 e. The van der Waals surface area contributed by atoms with E-state index in [2.05, 4.69) is 15.9 Å². The zero-order chi connectivity index (χ0) is 12.4. The smallest absolute Gasteiger partial charge is 0.230 e. The van der Waals surface area contributed by atoms with Crippen molar-refractivity contribution in [2.24, 2.45) is 5.73 Å². The van der Waals surface area contributed by atoms with E-state index in [1.54, 1.807) is 11.3 Å². The number of amides is 1. The van der Waals surface area contributed by atoms with Crippen LogP contribution in [0.15, 0.2) is 15.9 Å². The SMILES string of the molecule is CC(C(=O)N1CCCC1CN)c1ccc(Br)s1.Cl. The predicted octanol–water partition coefficient (Wildman–Crippen LogP) is 2.99. The van der Waals surface area contributed by atoms with E-state index in [0.717, 1.165) is 28.0 Å². The number of likely N-dealkylation sites (tertiary alicyclic amines) is 1. The van der Waals surface area contributed by atoms with Crippen molar-refractivity contribution in [1.82, 2.24) is 4.90 Å². The Bertz CT molecular complexity index is 413. The number of nitrogens with zero attached hydrogens (tertiary/aromatic N) is 1. The van der Waals surface area contributed by atoms with Gasteiger partial charge < -0.3 is 10.6 Å². The molecule has 0 bridgehead atoms. The Morgan fingerprint density at radius 3 is 2.94 bits per heavy atom. The number of nitrogens with two attached hydrogens (primary N) is 1. The lowest BCUT2D eigenvalue weighted by Gasteiger charge is -2.26. The molecule has 3 nitrogen and oxygen atoms in total. The van der Waals surface area contributed by atoms with Gasteiger partial charge in [0.05, 0.1) is 9.70 Å². The van der Waals surface area contributed by atoms with Gasteiger partial charge in [0.25, 0.3) is 0 Å². The van der Waals surface area contributed by atoms with Crippen LogP contribution in [-0.2, 0) is 4.79 Å². The third kappa shape index (κ3) is 3.26. The number of thiophene rings is 1. The van der Waals surface area contributed by atoms with Gasteiger partial charge in [-0.25, -0.2) is 0 Å². The number of carbonyl (C=O) groups excluding carboxylic acids is 1. The van der Waals surface area contributed by atoms with E-state index in [1.165, 1.54) is 0 Å². The summed E-state index contributed by atoms with van der Waals surface area (Å²) in [5.74, 6) is 0.158. The largest absolute Gasteiger partial charge is 0.338 e. The topological polar surface area (TPSA) is 46.3 Å². The monoisotopic (exact) mass is 352 g/mol. The Labute approximate surface area is 126 Å². The van der Waals surface area contributed by atoms with Gasteiger partial charge in [-0.3, -0.25) is 4.79 Å². The molecule has 0 saturated carbocycles. The van der Waals surface area contributed by atoms with Crippen molar-refractivity contribution < 1.29 is 4.79 Å². The summed E-state index contributed by atoms with van der Waals surface area (Å²) in [6.07, 6.45) is 2.12. The molecule has 2 N–H and O–H groups in total. The van der Waals surface area contributed by atoms with Gasteiger partial charge >= 0.3 is 0 Å². The molecular formula is C12H18BrClN2OS. The highest BCUT2D eigenvalue weighted by atomic mass is 79.9. The van der Waals surface area contributed by atoms with E-state index in [1.807, 2.05) is 24.0 Å². The molecule has 1 aliphatic heterocycles. The molecule has 1 fully saturated rings. The normalized spacial score (nSPS) is 20.6. The second-order valence-corrected chi connectivity index (χ2v) is 6.92. The predicted molar refractivity (Wildman–Crippen MR) is 81.5 cm³/mol. The van der Waals surface area contributed by atoms with E-state index >= 15 is 0 Å². The van der Waals surface area contributed by atoms with Crippen molar-refractivity contribution in [2.75, 3.05) is 13.1 Å². The molecule has 2 unspecified atom stereocenters. The zero-order valence-electron chi connectivity index (χ0n) is 10.3. The Kier molecular flexibility index (Phi) is 6.11. The molecule has 1 saturated heterocycles. The van der Waals surface area contributed by atoms with E-state index in [4.69, 9.17) is 5.73 Å². The molecule has 0 aliphatic carbocycles. The summed E-state index contributed by atoms with van der Waals surface area (Å²) in [4.78, 5) is 15.5. The molecule has 102 valence electrons. The number of hydrogen-bond acceptors (Lipinski definition) is 3. The second-order valence-electron chi connectivity index (χ2n) is 4.43. The fraction of sp³-hybridized carbons (Fsp3) is 0.583. The van der Waals surface area contributed by atoms with Gasteiger partial charge in [-0.1, -0.05) is 0 Å². The van der Waals surface area contributed by atoms with Crippen molar-refractivity contribution in [3.63, 3.8) is 0 Å². The van der Waals surface area contributed by atoms with Gasteiger partial charge in [-0.15, -0.1) is 23.7 Å². The van der Waals surface area contributed by atoms with Crippen molar-refractivity contribution in [1.29, 1.82) is 0 Å².